The lowest BCUT2D eigenvalue weighted by Crippen LogP contribution is -2.59. The largest absolute Gasteiger partial charge is 0.355 e. The van der Waals surface area contributed by atoms with E-state index in [1.54, 1.807) is 0 Å². The molecule has 2 aliphatic heterocycles. The molecule has 2 saturated heterocycles. The number of likely N-dealkylation sites (N-methyl/N-ethyl adjacent to an activating group) is 1. The molecule has 0 amide bonds. The van der Waals surface area contributed by atoms with Crippen molar-refractivity contribution < 1.29 is 9.47 Å². The smallest absolute Gasteiger partial charge is 0.154 e. The predicted molar refractivity (Wildman–Crippen MR) is 113 cm³/mol. The highest BCUT2D eigenvalue weighted by Crippen LogP contribution is 2.68. The molecule has 2 aromatic rings. The van der Waals surface area contributed by atoms with Crippen LogP contribution in [-0.2, 0) is 15.1 Å². The molecule has 2 atom stereocenters. The second kappa shape index (κ2) is 6.69. The third kappa shape index (κ3) is 2.53. The molecule has 3 heteroatoms. The first-order chi connectivity index (χ1) is 13.3. The molecule has 0 N–H and O–H groups in total. The molecule has 2 aliphatic rings. The van der Waals surface area contributed by atoms with Crippen LogP contribution in [0.3, 0.4) is 0 Å². The van der Waals surface area contributed by atoms with E-state index in [-0.39, 0.29) is 5.54 Å². The second-order valence-electron chi connectivity index (χ2n) is 9.10. The van der Waals surface area contributed by atoms with Crippen LogP contribution in [0.25, 0.3) is 0 Å². The minimum atomic E-state index is -0.502. The quantitative estimate of drug-likeness (QED) is 0.633. The zero-order valence-electron chi connectivity index (χ0n) is 17.9. The van der Waals surface area contributed by atoms with Crippen molar-refractivity contribution in [2.75, 3.05) is 13.7 Å². The zero-order chi connectivity index (χ0) is 20.0. The highest BCUT2D eigenvalue weighted by atomic mass is 16.7. The van der Waals surface area contributed by atoms with Crippen LogP contribution >= 0.6 is 0 Å². The number of nitrogens with zero attached hydrogens (tertiary/aromatic N) is 1. The number of rotatable bonds is 6. The Bertz CT molecular complexity index is 779. The van der Waals surface area contributed by atoms with E-state index in [9.17, 15) is 0 Å². The first kappa shape index (κ1) is 19.6. The van der Waals surface area contributed by atoms with Crippen molar-refractivity contribution in [1.29, 1.82) is 0 Å². The minimum Gasteiger partial charge on any atom is -0.355 e. The fraction of sp³-hybridized carbons (Fsp3) is 0.520. The number of unbranched alkanes of at least 4 members (excludes halogenated alkanes) is 1. The van der Waals surface area contributed by atoms with Crippen molar-refractivity contribution in [1.82, 2.24) is 4.90 Å². The molecular formula is C25H33NO2. The van der Waals surface area contributed by atoms with Gasteiger partial charge in [-0.1, -0.05) is 74.0 Å². The van der Waals surface area contributed by atoms with Crippen molar-refractivity contribution >= 4 is 0 Å². The molecule has 0 bridgehead atoms. The lowest BCUT2D eigenvalue weighted by Gasteiger charge is -2.44. The number of epoxide rings is 1. The van der Waals surface area contributed by atoms with Crippen LogP contribution in [0.2, 0.25) is 0 Å². The van der Waals surface area contributed by atoms with E-state index >= 15 is 0 Å². The number of ether oxygens (including phenoxy) is 2. The maximum atomic E-state index is 6.85. The van der Waals surface area contributed by atoms with Crippen molar-refractivity contribution in [2.24, 2.45) is 0 Å². The van der Waals surface area contributed by atoms with Gasteiger partial charge in [0.1, 0.15) is 5.60 Å². The molecule has 0 saturated carbocycles. The van der Waals surface area contributed by atoms with Gasteiger partial charge in [-0.15, -0.1) is 0 Å². The van der Waals surface area contributed by atoms with Gasteiger partial charge in [0.05, 0.1) is 6.61 Å². The molecule has 3 nitrogen and oxygen atoms in total. The van der Waals surface area contributed by atoms with E-state index in [1.165, 1.54) is 11.1 Å². The Balaban J connectivity index is 1.87. The Hall–Kier alpha value is -1.68. The molecule has 2 aromatic carbocycles. The van der Waals surface area contributed by atoms with Crippen LogP contribution < -0.4 is 0 Å². The molecule has 0 aliphatic carbocycles. The predicted octanol–water partition coefficient (Wildman–Crippen LogP) is 5.35. The van der Waals surface area contributed by atoms with Gasteiger partial charge in [-0.05, 0) is 51.8 Å². The summed E-state index contributed by atoms with van der Waals surface area (Å²) < 4.78 is 13.5. The van der Waals surface area contributed by atoms with E-state index in [2.05, 4.69) is 100 Å². The molecule has 2 heterocycles. The molecule has 2 fully saturated rings. The average molecular weight is 380 g/mol. The monoisotopic (exact) mass is 379 g/mol. The Morgan fingerprint density at radius 1 is 0.893 bits per heavy atom. The van der Waals surface area contributed by atoms with Gasteiger partial charge in [0.15, 0.2) is 11.3 Å². The molecule has 0 radical (unpaired) electrons. The van der Waals surface area contributed by atoms with Gasteiger partial charge >= 0.3 is 0 Å². The Kier molecular flexibility index (Phi) is 4.69. The molecule has 4 rings (SSSR count). The Morgan fingerprint density at radius 3 is 1.86 bits per heavy atom. The fourth-order valence-corrected chi connectivity index (χ4v) is 5.15. The maximum Gasteiger partial charge on any atom is 0.154 e. The summed E-state index contributed by atoms with van der Waals surface area (Å²) in [4.78, 5) is 2.43. The summed E-state index contributed by atoms with van der Waals surface area (Å²) in [5.74, 6) is 0. The summed E-state index contributed by atoms with van der Waals surface area (Å²) in [6.07, 6.45) is 3.21. The average Bonchev–Trinajstić information content (AvgIpc) is 3.30. The molecule has 0 spiro atoms. The molecule has 150 valence electrons. The highest BCUT2D eigenvalue weighted by molar-refractivity contribution is 5.48. The summed E-state index contributed by atoms with van der Waals surface area (Å²) in [7, 11) is 2.20. The second-order valence-corrected chi connectivity index (χ2v) is 9.10. The van der Waals surface area contributed by atoms with Crippen LogP contribution in [0.4, 0.5) is 0 Å². The first-order valence-electron chi connectivity index (χ1n) is 10.5. The van der Waals surface area contributed by atoms with E-state index < -0.39 is 16.9 Å². The van der Waals surface area contributed by atoms with E-state index in [1.807, 2.05) is 0 Å². The van der Waals surface area contributed by atoms with Crippen molar-refractivity contribution in [3.05, 3.63) is 71.8 Å². The van der Waals surface area contributed by atoms with Gasteiger partial charge < -0.3 is 9.47 Å². The fourth-order valence-electron chi connectivity index (χ4n) is 5.15. The molecular weight excluding hydrogens is 346 g/mol. The lowest BCUT2D eigenvalue weighted by molar-refractivity contribution is -0.136. The SMILES string of the molecule is CCCCC1(C2(C)OC2(c2ccccc2)c2ccccc2)OCC(C)(C)N1C. The number of hydrogen-bond acceptors (Lipinski definition) is 3. The van der Waals surface area contributed by atoms with Crippen molar-refractivity contribution in [2.45, 2.75) is 69.4 Å². The third-order valence-corrected chi connectivity index (χ3v) is 7.08. The van der Waals surface area contributed by atoms with Crippen LogP contribution in [0.1, 0.15) is 58.1 Å². The van der Waals surface area contributed by atoms with Gasteiger partial charge in [0.25, 0.3) is 0 Å². The van der Waals surface area contributed by atoms with Crippen LogP contribution in [0.15, 0.2) is 60.7 Å². The van der Waals surface area contributed by atoms with Gasteiger partial charge in [0.2, 0.25) is 0 Å². The zero-order valence-corrected chi connectivity index (χ0v) is 17.9. The summed E-state index contributed by atoms with van der Waals surface area (Å²) >= 11 is 0. The van der Waals surface area contributed by atoms with Crippen LogP contribution in [-0.4, -0.2) is 35.4 Å². The van der Waals surface area contributed by atoms with E-state index in [0.29, 0.717) is 6.61 Å². The minimum absolute atomic E-state index is 0.0260. The molecule has 28 heavy (non-hydrogen) atoms. The Morgan fingerprint density at radius 2 is 1.43 bits per heavy atom. The summed E-state index contributed by atoms with van der Waals surface area (Å²) in [5, 5.41) is 0. The topological polar surface area (TPSA) is 25.0 Å². The van der Waals surface area contributed by atoms with Gasteiger partial charge in [-0.3, -0.25) is 4.90 Å². The number of benzene rings is 2. The van der Waals surface area contributed by atoms with Crippen molar-refractivity contribution in [3.8, 4) is 0 Å². The third-order valence-electron chi connectivity index (χ3n) is 7.08. The highest BCUT2D eigenvalue weighted by Gasteiger charge is 2.80. The standard InChI is InChI=1S/C25H33NO2/c1-6-7-18-24(26(5)22(2,3)19-27-24)23(4)25(28-23,20-14-10-8-11-15-20)21-16-12-9-13-17-21/h8-17H,6-7,18-19H2,1-5H3. The van der Waals surface area contributed by atoms with E-state index in [4.69, 9.17) is 9.47 Å². The summed E-state index contributed by atoms with van der Waals surface area (Å²) in [6, 6.07) is 21.3. The molecule has 2 unspecified atom stereocenters. The van der Waals surface area contributed by atoms with Crippen molar-refractivity contribution in [3.63, 3.8) is 0 Å². The van der Waals surface area contributed by atoms with Crippen LogP contribution in [0.5, 0.6) is 0 Å². The van der Waals surface area contributed by atoms with Gasteiger partial charge in [-0.25, -0.2) is 0 Å². The maximum absolute atomic E-state index is 6.85. The summed E-state index contributed by atoms with van der Waals surface area (Å²) in [6.45, 7) is 9.73. The normalized spacial score (nSPS) is 31.0. The van der Waals surface area contributed by atoms with Crippen LogP contribution in [0, 0.1) is 0 Å². The summed E-state index contributed by atoms with van der Waals surface area (Å²) in [5.41, 5.74) is 0.931. The van der Waals surface area contributed by atoms with E-state index in [0.717, 1.165) is 19.3 Å². The lowest BCUT2D eigenvalue weighted by atomic mass is 9.74. The van der Waals surface area contributed by atoms with Gasteiger partial charge in [0, 0.05) is 5.54 Å². The van der Waals surface area contributed by atoms with Gasteiger partial charge in [-0.2, -0.15) is 0 Å². The Labute approximate surface area is 169 Å². The molecule has 0 aromatic heterocycles. The first-order valence-corrected chi connectivity index (χ1v) is 10.5. The number of hydrogen-bond donors (Lipinski definition) is 0.